The van der Waals surface area contributed by atoms with Crippen LogP contribution in [-0.2, 0) is 0 Å². The van der Waals surface area contributed by atoms with Crippen LogP contribution in [0, 0.1) is 10.1 Å². The fourth-order valence-corrected chi connectivity index (χ4v) is 0.899. The molecule has 1 aromatic rings. The molecule has 0 atom stereocenters. The lowest BCUT2D eigenvalue weighted by atomic mass is 10.5. The summed E-state index contributed by atoms with van der Waals surface area (Å²) in [4.78, 5) is 19.5. The highest BCUT2D eigenvalue weighted by atomic mass is 16.6. The number of nitrogens with one attached hydrogen (secondary N) is 1. The molecule has 14 heavy (non-hydrogen) atoms. The minimum absolute atomic E-state index is 0.127. The first-order chi connectivity index (χ1) is 6.56. The van der Waals surface area contributed by atoms with Gasteiger partial charge in [0.25, 0.3) is 0 Å². The zero-order valence-corrected chi connectivity index (χ0v) is 8.18. The molecule has 0 aliphatic carbocycles. The van der Waals surface area contributed by atoms with Gasteiger partial charge in [-0.05, 0) is 0 Å². The maximum Gasteiger partial charge on any atom is 0.329 e. The first-order valence-corrected chi connectivity index (χ1v) is 3.92. The van der Waals surface area contributed by atoms with E-state index in [2.05, 4.69) is 15.3 Å². The molecule has 0 saturated carbocycles. The Morgan fingerprint density at radius 3 is 2.64 bits per heavy atom. The number of nitro groups is 1. The average molecular weight is 197 g/mol. The molecule has 0 unspecified atom stereocenters. The molecular formula is C7H11N5O2. The van der Waals surface area contributed by atoms with Crippen LogP contribution in [0.5, 0.6) is 0 Å². The molecule has 0 spiro atoms. The van der Waals surface area contributed by atoms with Gasteiger partial charge in [0.05, 0.1) is 4.92 Å². The van der Waals surface area contributed by atoms with E-state index in [0.29, 0.717) is 5.95 Å². The van der Waals surface area contributed by atoms with Gasteiger partial charge in [-0.25, -0.2) is 4.98 Å². The number of anilines is 2. The molecule has 7 heteroatoms. The number of hydrogen-bond donors (Lipinski definition) is 1. The third-order valence-corrected chi connectivity index (χ3v) is 1.59. The van der Waals surface area contributed by atoms with Crippen molar-refractivity contribution in [1.82, 2.24) is 9.97 Å². The summed E-state index contributed by atoms with van der Waals surface area (Å²) in [6.07, 6.45) is 1.19. The van der Waals surface area contributed by atoms with Crippen LogP contribution in [0.15, 0.2) is 6.20 Å². The Hall–Kier alpha value is -1.92. The standard InChI is InChI=1S/C7H11N5O2/c1-8-6-5(12(13)14)4-9-7(10-6)11(2)3/h4H,1-3H3,(H,8,9,10). The molecule has 0 aliphatic heterocycles. The first kappa shape index (κ1) is 10.2. The smallest absolute Gasteiger partial charge is 0.329 e. The highest BCUT2D eigenvalue weighted by molar-refractivity contribution is 5.56. The molecule has 1 aromatic heterocycles. The van der Waals surface area contributed by atoms with E-state index in [1.54, 1.807) is 26.0 Å². The zero-order valence-electron chi connectivity index (χ0n) is 8.18. The van der Waals surface area contributed by atoms with E-state index in [0.717, 1.165) is 0 Å². The van der Waals surface area contributed by atoms with Gasteiger partial charge in [0.1, 0.15) is 6.20 Å². The first-order valence-electron chi connectivity index (χ1n) is 3.92. The molecule has 0 fully saturated rings. The summed E-state index contributed by atoms with van der Waals surface area (Å²) in [6.45, 7) is 0. The van der Waals surface area contributed by atoms with Crippen LogP contribution in [0.3, 0.4) is 0 Å². The van der Waals surface area contributed by atoms with Crippen LogP contribution < -0.4 is 10.2 Å². The van der Waals surface area contributed by atoms with Gasteiger partial charge in [-0.3, -0.25) is 10.1 Å². The SMILES string of the molecule is CNc1nc(N(C)C)ncc1[N+](=O)[O-]. The van der Waals surface area contributed by atoms with Gasteiger partial charge in [-0.2, -0.15) is 4.98 Å². The Labute approximate surface area is 80.9 Å². The minimum Gasteiger partial charge on any atom is -0.367 e. The quantitative estimate of drug-likeness (QED) is 0.560. The summed E-state index contributed by atoms with van der Waals surface area (Å²) in [5.41, 5.74) is -0.127. The van der Waals surface area contributed by atoms with E-state index in [-0.39, 0.29) is 11.5 Å². The molecule has 0 bridgehead atoms. The number of nitrogens with zero attached hydrogens (tertiary/aromatic N) is 4. The topological polar surface area (TPSA) is 84.2 Å². The minimum atomic E-state index is -0.523. The number of aromatic nitrogens is 2. The second-order valence-electron chi connectivity index (χ2n) is 2.81. The summed E-state index contributed by atoms with van der Waals surface area (Å²) in [5.74, 6) is 0.647. The Bertz CT molecular complexity index is 352. The van der Waals surface area contributed by atoms with Crippen molar-refractivity contribution >= 4 is 17.5 Å². The van der Waals surface area contributed by atoms with Crippen molar-refractivity contribution in [2.45, 2.75) is 0 Å². The number of hydrogen-bond acceptors (Lipinski definition) is 6. The van der Waals surface area contributed by atoms with Crippen LogP contribution in [0.2, 0.25) is 0 Å². The third kappa shape index (κ3) is 1.87. The Kier molecular flexibility index (Phi) is 2.80. The normalized spacial score (nSPS) is 9.64. The average Bonchev–Trinajstić information content (AvgIpc) is 2.16. The van der Waals surface area contributed by atoms with Crippen molar-refractivity contribution in [2.24, 2.45) is 0 Å². The molecule has 1 rings (SSSR count). The molecule has 7 nitrogen and oxygen atoms in total. The fourth-order valence-electron chi connectivity index (χ4n) is 0.899. The van der Waals surface area contributed by atoms with Crippen molar-refractivity contribution in [3.05, 3.63) is 16.3 Å². The Balaban J connectivity index is 3.18. The maximum atomic E-state index is 10.5. The predicted molar refractivity (Wildman–Crippen MR) is 52.6 cm³/mol. The van der Waals surface area contributed by atoms with Gasteiger partial charge in [0.2, 0.25) is 11.8 Å². The van der Waals surface area contributed by atoms with Crippen LogP contribution in [0.1, 0.15) is 0 Å². The lowest BCUT2D eigenvalue weighted by Crippen LogP contribution is -2.14. The lowest BCUT2D eigenvalue weighted by Gasteiger charge is -2.10. The van der Waals surface area contributed by atoms with E-state index in [1.165, 1.54) is 6.20 Å². The molecule has 0 aromatic carbocycles. The largest absolute Gasteiger partial charge is 0.367 e. The van der Waals surface area contributed by atoms with Crippen molar-refractivity contribution in [1.29, 1.82) is 0 Å². The van der Waals surface area contributed by atoms with Crippen LogP contribution in [0.4, 0.5) is 17.5 Å². The highest BCUT2D eigenvalue weighted by Gasteiger charge is 2.16. The van der Waals surface area contributed by atoms with E-state index < -0.39 is 4.92 Å². The summed E-state index contributed by atoms with van der Waals surface area (Å²) in [7, 11) is 5.11. The molecule has 1 heterocycles. The van der Waals surface area contributed by atoms with E-state index >= 15 is 0 Å². The van der Waals surface area contributed by atoms with Gasteiger partial charge in [-0.1, -0.05) is 0 Å². The molecule has 0 radical (unpaired) electrons. The van der Waals surface area contributed by atoms with Gasteiger partial charge in [0.15, 0.2) is 0 Å². The van der Waals surface area contributed by atoms with Crippen LogP contribution >= 0.6 is 0 Å². The van der Waals surface area contributed by atoms with Gasteiger partial charge in [0, 0.05) is 21.1 Å². The van der Waals surface area contributed by atoms with Crippen LogP contribution in [-0.4, -0.2) is 36.0 Å². The summed E-state index contributed by atoms with van der Waals surface area (Å²) in [6, 6.07) is 0. The second-order valence-corrected chi connectivity index (χ2v) is 2.81. The molecule has 76 valence electrons. The second kappa shape index (κ2) is 3.86. The summed E-state index contributed by atoms with van der Waals surface area (Å²) in [5, 5.41) is 13.2. The van der Waals surface area contributed by atoms with Gasteiger partial charge in [-0.15, -0.1) is 0 Å². The Morgan fingerprint density at radius 2 is 2.21 bits per heavy atom. The lowest BCUT2D eigenvalue weighted by molar-refractivity contribution is -0.384. The van der Waals surface area contributed by atoms with Crippen molar-refractivity contribution in [2.75, 3.05) is 31.4 Å². The molecule has 0 amide bonds. The maximum absolute atomic E-state index is 10.5. The van der Waals surface area contributed by atoms with E-state index in [4.69, 9.17) is 0 Å². The highest BCUT2D eigenvalue weighted by Crippen LogP contribution is 2.21. The van der Waals surface area contributed by atoms with Crippen molar-refractivity contribution in [3.8, 4) is 0 Å². The molecule has 0 aliphatic rings. The van der Waals surface area contributed by atoms with Gasteiger partial charge < -0.3 is 10.2 Å². The summed E-state index contributed by atoms with van der Waals surface area (Å²) < 4.78 is 0. The van der Waals surface area contributed by atoms with Crippen molar-refractivity contribution < 1.29 is 4.92 Å². The van der Waals surface area contributed by atoms with E-state index in [1.807, 2.05) is 0 Å². The summed E-state index contributed by atoms with van der Waals surface area (Å²) >= 11 is 0. The fraction of sp³-hybridized carbons (Fsp3) is 0.429. The monoisotopic (exact) mass is 197 g/mol. The van der Waals surface area contributed by atoms with Gasteiger partial charge >= 0.3 is 5.69 Å². The number of rotatable bonds is 3. The molecular weight excluding hydrogens is 186 g/mol. The van der Waals surface area contributed by atoms with Crippen LogP contribution in [0.25, 0.3) is 0 Å². The molecule has 1 N–H and O–H groups in total. The Morgan fingerprint density at radius 1 is 1.57 bits per heavy atom. The van der Waals surface area contributed by atoms with Crippen molar-refractivity contribution in [3.63, 3.8) is 0 Å². The zero-order chi connectivity index (χ0) is 10.7. The molecule has 0 saturated heterocycles. The predicted octanol–water partition coefficient (Wildman–Crippen LogP) is 0.492. The van der Waals surface area contributed by atoms with E-state index in [9.17, 15) is 10.1 Å². The third-order valence-electron chi connectivity index (χ3n) is 1.59.